The zero-order valence-corrected chi connectivity index (χ0v) is 12.4. The van der Waals surface area contributed by atoms with E-state index in [0.29, 0.717) is 16.6 Å². The molecule has 0 spiro atoms. The molecule has 0 aliphatic heterocycles. The lowest BCUT2D eigenvalue weighted by Gasteiger charge is -1.98. The van der Waals surface area contributed by atoms with Crippen LogP contribution in [0, 0.1) is 0 Å². The van der Waals surface area contributed by atoms with Gasteiger partial charge in [-0.25, -0.2) is 8.42 Å². The van der Waals surface area contributed by atoms with Gasteiger partial charge < -0.3 is 4.52 Å². The second kappa shape index (κ2) is 5.58. The molecule has 0 aliphatic rings. The summed E-state index contributed by atoms with van der Waals surface area (Å²) in [5.41, 5.74) is 0.869. The molecule has 0 amide bonds. The molecule has 0 fully saturated rings. The second-order valence-corrected chi connectivity index (χ2v) is 6.84. The molecule has 2 rings (SSSR count). The van der Waals surface area contributed by atoms with E-state index >= 15 is 0 Å². The van der Waals surface area contributed by atoms with Gasteiger partial charge in [0.1, 0.15) is 0 Å². The van der Waals surface area contributed by atoms with Crippen molar-refractivity contribution in [3.63, 3.8) is 0 Å². The summed E-state index contributed by atoms with van der Waals surface area (Å²) in [5.74, 6) is 1.29. The maximum Gasteiger partial charge on any atom is 0.229 e. The fourth-order valence-electron chi connectivity index (χ4n) is 1.55. The molecule has 0 N–H and O–H groups in total. The van der Waals surface area contributed by atoms with Gasteiger partial charge in [0.05, 0.1) is 4.90 Å². The predicted octanol–water partition coefficient (Wildman–Crippen LogP) is 2.77. The molecule has 0 unspecified atom stereocenters. The maximum absolute atomic E-state index is 11.3. The predicted molar refractivity (Wildman–Crippen MR) is 76.9 cm³/mol. The van der Waals surface area contributed by atoms with Gasteiger partial charge in [-0.1, -0.05) is 37.2 Å². The quantitative estimate of drug-likeness (QED) is 0.866. The van der Waals surface area contributed by atoms with Gasteiger partial charge in [0.2, 0.25) is 5.89 Å². The van der Waals surface area contributed by atoms with Gasteiger partial charge in [0.15, 0.2) is 15.7 Å². The van der Waals surface area contributed by atoms with E-state index in [1.54, 1.807) is 36.4 Å². The van der Waals surface area contributed by atoms with E-state index in [4.69, 9.17) is 4.52 Å². The van der Waals surface area contributed by atoms with E-state index in [1.807, 2.05) is 13.8 Å². The molecule has 0 saturated carbocycles. The van der Waals surface area contributed by atoms with Gasteiger partial charge in [0.25, 0.3) is 0 Å². The maximum atomic E-state index is 11.3. The molecule has 0 saturated heterocycles. The highest BCUT2D eigenvalue weighted by molar-refractivity contribution is 7.90. The van der Waals surface area contributed by atoms with Crippen molar-refractivity contribution in [2.45, 2.75) is 24.7 Å². The minimum absolute atomic E-state index is 0.193. The molecule has 1 heterocycles. The number of rotatable bonds is 4. The standard InChI is InChI=1S/C14H16N2O3S/c1-10(2)14-15-13(16-19-14)9-6-11-4-7-12(8-5-11)20(3,17)18/h4-10H,1-3H3/b9-6+. The van der Waals surface area contributed by atoms with Crippen molar-refractivity contribution < 1.29 is 12.9 Å². The van der Waals surface area contributed by atoms with Crippen molar-refractivity contribution >= 4 is 22.0 Å². The Labute approximate surface area is 118 Å². The molecule has 0 atom stereocenters. The number of hydrogen-bond acceptors (Lipinski definition) is 5. The Bertz CT molecular complexity index is 713. The minimum atomic E-state index is -3.16. The summed E-state index contributed by atoms with van der Waals surface area (Å²) in [6, 6.07) is 6.61. The van der Waals surface area contributed by atoms with Gasteiger partial charge in [0, 0.05) is 12.2 Å². The Balaban J connectivity index is 2.15. The van der Waals surface area contributed by atoms with Gasteiger partial charge in [-0.3, -0.25) is 0 Å². The largest absolute Gasteiger partial charge is 0.339 e. The summed E-state index contributed by atoms with van der Waals surface area (Å²) >= 11 is 0. The van der Waals surface area contributed by atoms with E-state index in [0.717, 1.165) is 5.56 Å². The van der Waals surface area contributed by atoms with E-state index in [9.17, 15) is 8.42 Å². The third-order valence-corrected chi connectivity index (χ3v) is 3.81. The Morgan fingerprint density at radius 2 is 1.80 bits per heavy atom. The number of sulfone groups is 1. The first-order valence-corrected chi connectivity index (χ1v) is 8.07. The van der Waals surface area contributed by atoms with Crippen LogP contribution in [0.3, 0.4) is 0 Å². The van der Waals surface area contributed by atoms with E-state index < -0.39 is 9.84 Å². The molecule has 20 heavy (non-hydrogen) atoms. The fourth-order valence-corrected chi connectivity index (χ4v) is 2.18. The van der Waals surface area contributed by atoms with Crippen molar-refractivity contribution in [3.05, 3.63) is 41.5 Å². The average molecular weight is 292 g/mol. The zero-order chi connectivity index (χ0) is 14.8. The van der Waals surface area contributed by atoms with Crippen LogP contribution in [0.15, 0.2) is 33.7 Å². The minimum Gasteiger partial charge on any atom is -0.339 e. The van der Waals surface area contributed by atoms with Crippen LogP contribution in [0.1, 0.15) is 37.0 Å². The number of benzene rings is 1. The molecule has 106 valence electrons. The number of nitrogens with zero attached hydrogens (tertiary/aromatic N) is 2. The highest BCUT2D eigenvalue weighted by Gasteiger charge is 2.08. The zero-order valence-electron chi connectivity index (χ0n) is 11.6. The van der Waals surface area contributed by atoms with Gasteiger partial charge in [-0.05, 0) is 23.8 Å². The van der Waals surface area contributed by atoms with Crippen molar-refractivity contribution in [2.24, 2.45) is 0 Å². The molecule has 0 bridgehead atoms. The molecule has 1 aromatic heterocycles. The van der Waals surface area contributed by atoms with Crippen molar-refractivity contribution in [2.75, 3.05) is 6.26 Å². The van der Waals surface area contributed by atoms with Crippen molar-refractivity contribution in [3.8, 4) is 0 Å². The fraction of sp³-hybridized carbons (Fsp3) is 0.286. The van der Waals surface area contributed by atoms with Crippen LogP contribution in [0.2, 0.25) is 0 Å². The molecule has 2 aromatic rings. The lowest BCUT2D eigenvalue weighted by atomic mass is 10.2. The molecule has 0 aliphatic carbocycles. The average Bonchev–Trinajstić information content (AvgIpc) is 2.85. The number of hydrogen-bond donors (Lipinski definition) is 0. The van der Waals surface area contributed by atoms with Gasteiger partial charge >= 0.3 is 0 Å². The summed E-state index contributed by atoms with van der Waals surface area (Å²) in [7, 11) is -3.16. The number of aromatic nitrogens is 2. The summed E-state index contributed by atoms with van der Waals surface area (Å²) in [6.45, 7) is 3.95. The van der Waals surface area contributed by atoms with Gasteiger partial charge in [-0.2, -0.15) is 4.98 Å². The Kier molecular flexibility index (Phi) is 4.04. The first-order chi connectivity index (χ1) is 9.36. The van der Waals surface area contributed by atoms with Crippen LogP contribution in [-0.2, 0) is 9.84 Å². The molecule has 6 heteroatoms. The Morgan fingerprint density at radius 1 is 1.15 bits per heavy atom. The highest BCUT2D eigenvalue weighted by Crippen LogP contribution is 2.14. The second-order valence-electron chi connectivity index (χ2n) is 4.82. The van der Waals surface area contributed by atoms with E-state index in [1.165, 1.54) is 6.26 Å². The summed E-state index contributed by atoms with van der Waals surface area (Å²) < 4.78 is 27.8. The van der Waals surface area contributed by atoms with Crippen LogP contribution in [-0.4, -0.2) is 24.8 Å². The molecule has 5 nitrogen and oxygen atoms in total. The monoisotopic (exact) mass is 292 g/mol. The molecule has 0 radical (unpaired) electrons. The first-order valence-electron chi connectivity index (χ1n) is 6.18. The van der Waals surface area contributed by atoms with Crippen molar-refractivity contribution in [1.29, 1.82) is 0 Å². The lowest BCUT2D eigenvalue weighted by Crippen LogP contribution is -1.96. The first kappa shape index (κ1) is 14.5. The van der Waals surface area contributed by atoms with Crippen LogP contribution in [0.5, 0.6) is 0 Å². The third-order valence-electron chi connectivity index (χ3n) is 2.68. The Hall–Kier alpha value is -1.95. The van der Waals surface area contributed by atoms with E-state index in [-0.39, 0.29) is 5.92 Å². The third kappa shape index (κ3) is 3.54. The van der Waals surface area contributed by atoms with Crippen LogP contribution in [0.4, 0.5) is 0 Å². The normalized spacial score (nSPS) is 12.4. The molecular formula is C14H16N2O3S. The van der Waals surface area contributed by atoms with Crippen LogP contribution < -0.4 is 0 Å². The SMILES string of the molecule is CC(C)c1nc(/C=C/c2ccc(S(C)(=O)=O)cc2)no1. The summed E-state index contributed by atoms with van der Waals surface area (Å²) in [4.78, 5) is 4.52. The topological polar surface area (TPSA) is 73.1 Å². The van der Waals surface area contributed by atoms with Crippen LogP contribution >= 0.6 is 0 Å². The Morgan fingerprint density at radius 3 is 2.30 bits per heavy atom. The van der Waals surface area contributed by atoms with Gasteiger partial charge in [-0.15, -0.1) is 0 Å². The molecular weight excluding hydrogens is 276 g/mol. The molecule has 1 aromatic carbocycles. The smallest absolute Gasteiger partial charge is 0.229 e. The van der Waals surface area contributed by atoms with E-state index in [2.05, 4.69) is 10.1 Å². The van der Waals surface area contributed by atoms with Crippen LogP contribution in [0.25, 0.3) is 12.2 Å². The highest BCUT2D eigenvalue weighted by atomic mass is 32.2. The summed E-state index contributed by atoms with van der Waals surface area (Å²) in [5, 5.41) is 3.84. The summed E-state index contributed by atoms with van der Waals surface area (Å²) in [6.07, 6.45) is 4.72. The lowest BCUT2D eigenvalue weighted by molar-refractivity contribution is 0.364. The van der Waals surface area contributed by atoms with Crippen molar-refractivity contribution in [1.82, 2.24) is 10.1 Å².